The van der Waals surface area contributed by atoms with Gasteiger partial charge in [-0.25, -0.2) is 18.1 Å². The molecule has 0 bridgehead atoms. The highest BCUT2D eigenvalue weighted by atomic mass is 32.2. The van der Waals surface area contributed by atoms with E-state index in [2.05, 4.69) is 14.6 Å². The number of aromatic nitrogens is 1. The summed E-state index contributed by atoms with van der Waals surface area (Å²) in [7, 11) is -3.12. The summed E-state index contributed by atoms with van der Waals surface area (Å²) in [6.45, 7) is 4.39. The van der Waals surface area contributed by atoms with E-state index in [1.807, 2.05) is 24.4 Å². The smallest absolute Gasteiger partial charge is 0.236 e. The maximum Gasteiger partial charge on any atom is 0.236 e. The Hall–Kier alpha value is -1.22. The maximum absolute atomic E-state index is 11.3. The van der Waals surface area contributed by atoms with Crippen LogP contribution in [0.4, 0.5) is 0 Å². The molecular formula is C15H21N3O3S2. The second kappa shape index (κ2) is 6.72. The number of likely N-dealkylation sites (tertiary alicyclic amines) is 1. The van der Waals surface area contributed by atoms with Gasteiger partial charge >= 0.3 is 0 Å². The van der Waals surface area contributed by atoms with Gasteiger partial charge in [0, 0.05) is 25.7 Å². The fourth-order valence-electron chi connectivity index (χ4n) is 2.80. The Morgan fingerprint density at radius 3 is 2.78 bits per heavy atom. The number of nitrogens with one attached hydrogen (secondary N) is 1. The normalized spacial score (nSPS) is 17.7. The molecule has 0 aromatic carbocycles. The summed E-state index contributed by atoms with van der Waals surface area (Å²) in [5, 5.41) is 2.01. The van der Waals surface area contributed by atoms with Crippen LogP contribution in [0.5, 0.6) is 0 Å². The van der Waals surface area contributed by atoms with Crippen molar-refractivity contribution in [1.29, 1.82) is 0 Å². The summed E-state index contributed by atoms with van der Waals surface area (Å²) in [4.78, 5) is 7.95. The number of nitrogens with zero attached hydrogens (tertiary/aromatic N) is 2. The average Bonchev–Trinajstić information content (AvgIpc) is 3.10. The molecule has 1 fully saturated rings. The van der Waals surface area contributed by atoms with Gasteiger partial charge in [0.1, 0.15) is 5.76 Å². The van der Waals surface area contributed by atoms with E-state index in [-0.39, 0.29) is 6.04 Å². The first-order valence-electron chi connectivity index (χ1n) is 7.60. The SMILES string of the molecule is Cc1oc(-c2cccs2)nc1CN1CCC(NS(C)(=O)=O)CC1. The highest BCUT2D eigenvalue weighted by Gasteiger charge is 2.23. The van der Waals surface area contributed by atoms with Crippen LogP contribution in [0.1, 0.15) is 24.3 Å². The van der Waals surface area contributed by atoms with E-state index in [4.69, 9.17) is 4.42 Å². The molecule has 6 nitrogen and oxygen atoms in total. The predicted octanol–water partition coefficient (Wildman–Crippen LogP) is 2.23. The van der Waals surface area contributed by atoms with Crippen LogP contribution in [0.15, 0.2) is 21.9 Å². The van der Waals surface area contributed by atoms with Crippen molar-refractivity contribution in [3.8, 4) is 10.8 Å². The molecule has 0 amide bonds. The third kappa shape index (κ3) is 4.41. The zero-order chi connectivity index (χ0) is 16.4. The molecule has 8 heteroatoms. The van der Waals surface area contributed by atoms with Crippen molar-refractivity contribution < 1.29 is 12.8 Å². The Morgan fingerprint density at radius 2 is 2.17 bits per heavy atom. The van der Waals surface area contributed by atoms with Crippen molar-refractivity contribution in [2.75, 3.05) is 19.3 Å². The van der Waals surface area contributed by atoms with Crippen LogP contribution in [0.25, 0.3) is 10.8 Å². The van der Waals surface area contributed by atoms with E-state index < -0.39 is 10.0 Å². The molecular weight excluding hydrogens is 334 g/mol. The van der Waals surface area contributed by atoms with Gasteiger partial charge in [-0.15, -0.1) is 11.3 Å². The number of hydrogen-bond donors (Lipinski definition) is 1. The minimum absolute atomic E-state index is 0.0429. The third-order valence-electron chi connectivity index (χ3n) is 3.97. The van der Waals surface area contributed by atoms with Gasteiger partial charge < -0.3 is 4.42 Å². The minimum Gasteiger partial charge on any atom is -0.440 e. The van der Waals surface area contributed by atoms with Gasteiger partial charge in [-0.2, -0.15) is 0 Å². The lowest BCUT2D eigenvalue weighted by Crippen LogP contribution is -2.44. The Balaban J connectivity index is 1.59. The Bertz CT molecular complexity index is 745. The lowest BCUT2D eigenvalue weighted by molar-refractivity contribution is 0.197. The first-order valence-corrected chi connectivity index (χ1v) is 10.4. The molecule has 1 N–H and O–H groups in total. The predicted molar refractivity (Wildman–Crippen MR) is 90.8 cm³/mol. The number of thiophene rings is 1. The van der Waals surface area contributed by atoms with Crippen LogP contribution in [0, 0.1) is 6.92 Å². The van der Waals surface area contributed by atoms with Crippen LogP contribution >= 0.6 is 11.3 Å². The van der Waals surface area contributed by atoms with Gasteiger partial charge in [-0.3, -0.25) is 4.90 Å². The molecule has 0 atom stereocenters. The monoisotopic (exact) mass is 355 g/mol. The fraction of sp³-hybridized carbons (Fsp3) is 0.533. The number of oxazole rings is 1. The van der Waals surface area contributed by atoms with Crippen LogP contribution in [0.3, 0.4) is 0 Å². The summed E-state index contributed by atoms with van der Waals surface area (Å²) in [5.41, 5.74) is 0.961. The lowest BCUT2D eigenvalue weighted by atomic mass is 10.1. The number of piperidine rings is 1. The van der Waals surface area contributed by atoms with E-state index >= 15 is 0 Å². The molecule has 1 saturated heterocycles. The molecule has 0 unspecified atom stereocenters. The van der Waals surface area contributed by atoms with E-state index in [0.29, 0.717) is 5.89 Å². The first-order chi connectivity index (χ1) is 10.9. The number of hydrogen-bond acceptors (Lipinski definition) is 6. The van der Waals surface area contributed by atoms with Crippen molar-refractivity contribution in [2.45, 2.75) is 32.4 Å². The molecule has 0 aliphatic carbocycles. The quantitative estimate of drug-likeness (QED) is 0.890. The summed E-state index contributed by atoms with van der Waals surface area (Å²) in [5.74, 6) is 1.53. The summed E-state index contributed by atoms with van der Waals surface area (Å²) in [6, 6.07) is 4.03. The average molecular weight is 355 g/mol. The second-order valence-corrected chi connectivity index (χ2v) is 8.67. The largest absolute Gasteiger partial charge is 0.440 e. The van der Waals surface area contributed by atoms with Crippen molar-refractivity contribution in [2.24, 2.45) is 0 Å². The highest BCUT2D eigenvalue weighted by molar-refractivity contribution is 7.88. The first kappa shape index (κ1) is 16.6. The molecule has 126 valence electrons. The molecule has 1 aliphatic heterocycles. The van der Waals surface area contributed by atoms with Gasteiger partial charge in [0.25, 0.3) is 0 Å². The van der Waals surface area contributed by atoms with Crippen molar-refractivity contribution in [1.82, 2.24) is 14.6 Å². The standard InChI is InChI=1S/C15H21N3O3S2/c1-11-13(16-15(21-11)14-4-3-9-22-14)10-18-7-5-12(6-8-18)17-23(2,19)20/h3-4,9,12,17H,5-8,10H2,1-2H3. The van der Waals surface area contributed by atoms with Gasteiger partial charge in [0.2, 0.25) is 15.9 Å². The van der Waals surface area contributed by atoms with E-state index in [1.165, 1.54) is 6.26 Å². The van der Waals surface area contributed by atoms with E-state index in [0.717, 1.165) is 48.8 Å². The summed E-state index contributed by atoms with van der Waals surface area (Å²) in [6.07, 6.45) is 2.85. The summed E-state index contributed by atoms with van der Waals surface area (Å²) >= 11 is 1.61. The zero-order valence-electron chi connectivity index (χ0n) is 13.3. The van der Waals surface area contributed by atoms with Gasteiger partial charge in [-0.1, -0.05) is 6.07 Å². The molecule has 1 aliphatic rings. The number of rotatable bonds is 5. The summed E-state index contributed by atoms with van der Waals surface area (Å²) < 4.78 is 31.0. The molecule has 0 radical (unpaired) electrons. The molecule has 2 aromatic heterocycles. The second-order valence-electron chi connectivity index (χ2n) is 5.94. The van der Waals surface area contributed by atoms with Crippen LogP contribution in [-0.2, 0) is 16.6 Å². The molecule has 3 rings (SSSR count). The highest BCUT2D eigenvalue weighted by Crippen LogP contribution is 2.26. The molecule has 0 saturated carbocycles. The molecule has 2 aromatic rings. The van der Waals surface area contributed by atoms with Gasteiger partial charge in [0.05, 0.1) is 16.8 Å². The zero-order valence-corrected chi connectivity index (χ0v) is 14.9. The molecule has 0 spiro atoms. The van der Waals surface area contributed by atoms with Crippen molar-refractivity contribution in [3.63, 3.8) is 0 Å². The van der Waals surface area contributed by atoms with E-state index in [9.17, 15) is 8.42 Å². The lowest BCUT2D eigenvalue weighted by Gasteiger charge is -2.31. The van der Waals surface area contributed by atoms with Crippen LogP contribution in [0.2, 0.25) is 0 Å². The van der Waals surface area contributed by atoms with Gasteiger partial charge in [0.15, 0.2) is 0 Å². The topological polar surface area (TPSA) is 75.4 Å². The molecule has 3 heterocycles. The Kier molecular flexibility index (Phi) is 4.86. The number of sulfonamides is 1. The Labute approximate surface area is 140 Å². The van der Waals surface area contributed by atoms with Crippen molar-refractivity contribution in [3.05, 3.63) is 29.0 Å². The third-order valence-corrected chi connectivity index (χ3v) is 5.59. The van der Waals surface area contributed by atoms with Gasteiger partial charge in [-0.05, 0) is 31.2 Å². The van der Waals surface area contributed by atoms with Crippen LogP contribution < -0.4 is 4.72 Å². The molecule has 23 heavy (non-hydrogen) atoms. The minimum atomic E-state index is -3.12. The van der Waals surface area contributed by atoms with E-state index in [1.54, 1.807) is 11.3 Å². The maximum atomic E-state index is 11.3. The Morgan fingerprint density at radius 1 is 1.43 bits per heavy atom. The van der Waals surface area contributed by atoms with Crippen LogP contribution in [-0.4, -0.2) is 43.7 Å². The van der Waals surface area contributed by atoms with Crippen molar-refractivity contribution >= 4 is 21.4 Å². The number of aryl methyl sites for hydroxylation is 1. The fourth-order valence-corrected chi connectivity index (χ4v) is 4.29.